The Hall–Kier alpha value is -2.47. The Labute approximate surface area is 173 Å². The van der Waals surface area contributed by atoms with Crippen LogP contribution in [0.1, 0.15) is 29.8 Å². The van der Waals surface area contributed by atoms with Gasteiger partial charge in [-0.1, -0.05) is 76.6 Å². The van der Waals surface area contributed by atoms with Crippen molar-refractivity contribution in [1.29, 1.82) is 0 Å². The van der Waals surface area contributed by atoms with Crippen LogP contribution in [0.5, 0.6) is 0 Å². The molecule has 2 aromatic rings. The van der Waals surface area contributed by atoms with Crippen molar-refractivity contribution in [2.45, 2.75) is 25.1 Å². The number of ketones is 1. The van der Waals surface area contributed by atoms with Gasteiger partial charge in [-0.3, -0.25) is 14.4 Å². The molecule has 0 bridgehead atoms. The first-order valence-electron chi connectivity index (χ1n) is 9.09. The standard InChI is InChI=1S/C22H23BrO5/c1-3-27-20(25)22(21(26)28-4-2,15-16-11-7-5-8-12-16)19(23)18(24)17-13-9-6-10-14-17/h5-14,19H,3-4,15H2,1-2H3. The molecule has 2 aromatic carbocycles. The van der Waals surface area contributed by atoms with E-state index in [0.29, 0.717) is 11.1 Å². The van der Waals surface area contributed by atoms with Gasteiger partial charge >= 0.3 is 11.9 Å². The summed E-state index contributed by atoms with van der Waals surface area (Å²) in [4.78, 5) is 38.1. The van der Waals surface area contributed by atoms with Crippen molar-refractivity contribution in [3.05, 3.63) is 71.8 Å². The molecule has 0 N–H and O–H groups in total. The van der Waals surface area contributed by atoms with Crippen LogP contribution in [0.3, 0.4) is 0 Å². The van der Waals surface area contributed by atoms with Crippen LogP contribution < -0.4 is 0 Å². The van der Waals surface area contributed by atoms with Crippen LogP contribution in [0.4, 0.5) is 0 Å². The largest absolute Gasteiger partial charge is 0.465 e. The normalized spacial score (nSPS) is 12.1. The Morgan fingerprint density at radius 1 is 0.857 bits per heavy atom. The van der Waals surface area contributed by atoms with Gasteiger partial charge in [0, 0.05) is 12.0 Å². The summed E-state index contributed by atoms with van der Waals surface area (Å²) in [5, 5.41) is 0. The minimum absolute atomic E-state index is 0.0278. The summed E-state index contributed by atoms with van der Waals surface area (Å²) in [7, 11) is 0. The number of rotatable bonds is 9. The number of carbonyl (C=O) groups excluding carboxylic acids is 3. The number of halogens is 1. The number of ether oxygens (including phenoxy) is 2. The highest BCUT2D eigenvalue weighted by atomic mass is 79.9. The summed E-state index contributed by atoms with van der Waals surface area (Å²) in [6.45, 7) is 3.46. The molecule has 0 aliphatic heterocycles. The predicted molar refractivity (Wildman–Crippen MR) is 109 cm³/mol. The van der Waals surface area contributed by atoms with Gasteiger partial charge in [-0.2, -0.15) is 0 Å². The number of hydrogen-bond acceptors (Lipinski definition) is 5. The lowest BCUT2D eigenvalue weighted by atomic mass is 9.76. The molecule has 0 spiro atoms. The summed E-state index contributed by atoms with van der Waals surface area (Å²) >= 11 is 3.35. The zero-order valence-electron chi connectivity index (χ0n) is 15.9. The lowest BCUT2D eigenvalue weighted by Crippen LogP contribution is -2.53. The lowest BCUT2D eigenvalue weighted by molar-refractivity contribution is -0.171. The van der Waals surface area contributed by atoms with Crippen molar-refractivity contribution >= 4 is 33.7 Å². The first-order valence-corrected chi connectivity index (χ1v) is 10.0. The second-order valence-electron chi connectivity index (χ2n) is 6.17. The molecule has 28 heavy (non-hydrogen) atoms. The van der Waals surface area contributed by atoms with Crippen LogP contribution in [-0.4, -0.2) is 35.8 Å². The van der Waals surface area contributed by atoms with Gasteiger partial charge in [0.15, 0.2) is 11.2 Å². The molecule has 0 fully saturated rings. The van der Waals surface area contributed by atoms with Crippen molar-refractivity contribution in [1.82, 2.24) is 0 Å². The van der Waals surface area contributed by atoms with Crippen molar-refractivity contribution in [2.75, 3.05) is 13.2 Å². The molecule has 0 saturated carbocycles. The Morgan fingerprint density at radius 3 is 1.79 bits per heavy atom. The number of benzene rings is 2. The third-order valence-corrected chi connectivity index (χ3v) is 5.52. The van der Waals surface area contributed by atoms with Crippen LogP contribution in [0.15, 0.2) is 60.7 Å². The Balaban J connectivity index is 2.57. The molecule has 2 rings (SSSR count). The van der Waals surface area contributed by atoms with E-state index in [2.05, 4.69) is 15.9 Å². The average molecular weight is 447 g/mol. The fourth-order valence-electron chi connectivity index (χ4n) is 2.93. The van der Waals surface area contributed by atoms with E-state index in [4.69, 9.17) is 9.47 Å². The molecular formula is C22H23BrO5. The van der Waals surface area contributed by atoms with Gasteiger partial charge in [0.1, 0.15) is 4.83 Å². The second-order valence-corrected chi connectivity index (χ2v) is 7.08. The van der Waals surface area contributed by atoms with Crippen molar-refractivity contribution in [3.63, 3.8) is 0 Å². The number of Topliss-reactive ketones (excluding diaryl/α,β-unsaturated/α-hetero) is 1. The summed E-state index contributed by atoms with van der Waals surface area (Å²) in [5.74, 6) is -1.97. The first kappa shape index (κ1) is 21.8. The highest BCUT2D eigenvalue weighted by Gasteiger charge is 2.56. The monoisotopic (exact) mass is 446 g/mol. The van der Waals surface area contributed by atoms with Gasteiger partial charge < -0.3 is 9.47 Å². The van der Waals surface area contributed by atoms with E-state index in [1.165, 1.54) is 0 Å². The lowest BCUT2D eigenvalue weighted by Gasteiger charge is -2.32. The number of hydrogen-bond donors (Lipinski definition) is 0. The molecule has 0 amide bonds. The molecule has 1 unspecified atom stereocenters. The molecular weight excluding hydrogens is 424 g/mol. The Kier molecular flexibility index (Phi) is 7.93. The maximum atomic E-state index is 13.1. The maximum absolute atomic E-state index is 13.1. The van der Waals surface area contributed by atoms with Crippen LogP contribution in [0.25, 0.3) is 0 Å². The van der Waals surface area contributed by atoms with Gasteiger partial charge in [0.25, 0.3) is 0 Å². The van der Waals surface area contributed by atoms with Gasteiger partial charge in [0.05, 0.1) is 13.2 Å². The fourth-order valence-corrected chi connectivity index (χ4v) is 3.73. The fraction of sp³-hybridized carbons (Fsp3) is 0.318. The molecule has 0 saturated heterocycles. The van der Waals surface area contributed by atoms with Gasteiger partial charge in [-0.05, 0) is 19.4 Å². The van der Waals surface area contributed by atoms with E-state index in [1.807, 2.05) is 6.07 Å². The first-order chi connectivity index (χ1) is 13.5. The van der Waals surface area contributed by atoms with Gasteiger partial charge in [-0.25, -0.2) is 0 Å². The SMILES string of the molecule is CCOC(=O)C(Cc1ccccc1)(C(=O)OCC)C(Br)C(=O)c1ccccc1. The molecule has 0 aliphatic rings. The molecule has 0 aliphatic carbocycles. The van der Waals surface area contributed by atoms with E-state index in [-0.39, 0.29) is 19.6 Å². The molecule has 0 heterocycles. The van der Waals surface area contributed by atoms with Gasteiger partial charge in [-0.15, -0.1) is 0 Å². The van der Waals surface area contributed by atoms with E-state index in [9.17, 15) is 14.4 Å². The predicted octanol–water partition coefficient (Wildman–Crippen LogP) is 3.99. The Morgan fingerprint density at radius 2 is 1.32 bits per heavy atom. The summed E-state index contributed by atoms with van der Waals surface area (Å²) in [6, 6.07) is 17.5. The number of alkyl halides is 1. The zero-order chi connectivity index (χ0) is 20.6. The van der Waals surface area contributed by atoms with E-state index >= 15 is 0 Å². The number of esters is 2. The van der Waals surface area contributed by atoms with Crippen LogP contribution in [0.2, 0.25) is 0 Å². The van der Waals surface area contributed by atoms with Crippen molar-refractivity contribution in [3.8, 4) is 0 Å². The summed E-state index contributed by atoms with van der Waals surface area (Å²) < 4.78 is 10.5. The highest BCUT2D eigenvalue weighted by molar-refractivity contribution is 9.10. The minimum atomic E-state index is -1.85. The van der Waals surface area contributed by atoms with E-state index < -0.39 is 28.0 Å². The Bertz CT molecular complexity index is 786. The van der Waals surface area contributed by atoms with Crippen LogP contribution in [-0.2, 0) is 25.5 Å². The van der Waals surface area contributed by atoms with Crippen molar-refractivity contribution in [2.24, 2.45) is 5.41 Å². The highest BCUT2D eigenvalue weighted by Crippen LogP contribution is 2.37. The smallest absolute Gasteiger partial charge is 0.325 e. The van der Waals surface area contributed by atoms with E-state index in [0.717, 1.165) is 0 Å². The van der Waals surface area contributed by atoms with Crippen LogP contribution >= 0.6 is 15.9 Å². The maximum Gasteiger partial charge on any atom is 0.325 e. The molecule has 148 valence electrons. The minimum Gasteiger partial charge on any atom is -0.465 e. The third-order valence-electron chi connectivity index (χ3n) is 4.33. The molecule has 0 radical (unpaired) electrons. The average Bonchev–Trinajstić information content (AvgIpc) is 2.72. The topological polar surface area (TPSA) is 69.7 Å². The number of carbonyl (C=O) groups is 3. The third kappa shape index (κ3) is 4.68. The zero-order valence-corrected chi connectivity index (χ0v) is 17.5. The van der Waals surface area contributed by atoms with E-state index in [1.54, 1.807) is 68.4 Å². The van der Waals surface area contributed by atoms with Gasteiger partial charge in [0.2, 0.25) is 0 Å². The molecule has 5 nitrogen and oxygen atoms in total. The molecule has 6 heteroatoms. The summed E-state index contributed by atoms with van der Waals surface area (Å²) in [6.07, 6.45) is -0.0278. The second kappa shape index (κ2) is 10.2. The summed E-state index contributed by atoms with van der Waals surface area (Å²) in [5.41, 5.74) is -0.746. The van der Waals surface area contributed by atoms with Crippen molar-refractivity contribution < 1.29 is 23.9 Å². The van der Waals surface area contributed by atoms with Crippen LogP contribution in [0, 0.1) is 5.41 Å². The molecule has 1 atom stereocenters. The molecule has 0 aromatic heterocycles. The quantitative estimate of drug-likeness (QED) is 0.252.